The second-order valence-corrected chi connectivity index (χ2v) is 11.0. The summed E-state index contributed by atoms with van der Waals surface area (Å²) in [6.45, 7) is 9.39. The number of phenolic OH excluding ortho intramolecular Hbond substituents is 1. The molecule has 2 N–H and O–H groups in total. The molecule has 0 heterocycles. The molecule has 0 aliphatic heterocycles. The predicted octanol–water partition coefficient (Wildman–Crippen LogP) is 7.74. The summed E-state index contributed by atoms with van der Waals surface area (Å²) < 4.78 is 6.37. The Morgan fingerprint density at radius 1 is 0.943 bits per heavy atom. The van der Waals surface area contributed by atoms with Crippen LogP contribution < -0.4 is 4.74 Å². The van der Waals surface area contributed by atoms with Gasteiger partial charge in [0.05, 0.1) is 0 Å². The van der Waals surface area contributed by atoms with Crippen molar-refractivity contribution in [1.29, 1.82) is 0 Å². The predicted molar refractivity (Wildman–Crippen MR) is 141 cm³/mol. The van der Waals surface area contributed by atoms with Crippen LogP contribution in [0.3, 0.4) is 0 Å². The monoisotopic (exact) mass is 490 g/mol. The third-order valence-electron chi connectivity index (χ3n) is 6.99. The molecule has 0 aromatic heterocycles. The first-order valence-electron chi connectivity index (χ1n) is 11.8. The third kappa shape index (κ3) is 5.38. The van der Waals surface area contributed by atoms with Crippen LogP contribution >= 0.6 is 11.6 Å². The van der Waals surface area contributed by atoms with E-state index in [1.165, 1.54) is 17.2 Å². The van der Waals surface area contributed by atoms with Gasteiger partial charge in [0, 0.05) is 22.2 Å². The quantitative estimate of drug-likeness (QED) is 0.347. The van der Waals surface area contributed by atoms with Gasteiger partial charge in [-0.3, -0.25) is 0 Å². The fourth-order valence-corrected chi connectivity index (χ4v) is 4.83. The maximum Gasteiger partial charge on any atom is 0.328 e. The molecule has 35 heavy (non-hydrogen) atoms. The Kier molecular flexibility index (Phi) is 6.70. The van der Waals surface area contributed by atoms with Crippen LogP contribution in [-0.2, 0) is 22.2 Å². The van der Waals surface area contributed by atoms with E-state index in [0.717, 1.165) is 30.0 Å². The molecule has 0 atom stereocenters. The van der Waals surface area contributed by atoms with Crippen LogP contribution in [-0.4, -0.2) is 16.2 Å². The van der Waals surface area contributed by atoms with Crippen molar-refractivity contribution in [3.63, 3.8) is 0 Å². The molecule has 3 aromatic carbocycles. The first-order chi connectivity index (χ1) is 16.5. The second kappa shape index (κ2) is 9.43. The molecule has 0 radical (unpaired) electrons. The summed E-state index contributed by atoms with van der Waals surface area (Å²) in [7, 11) is 0. The summed E-state index contributed by atoms with van der Waals surface area (Å²) in [5.41, 5.74) is 5.53. The van der Waals surface area contributed by atoms with Crippen molar-refractivity contribution >= 4 is 23.6 Å². The van der Waals surface area contributed by atoms with Crippen molar-refractivity contribution in [2.24, 2.45) is 0 Å². The van der Waals surface area contributed by atoms with Crippen molar-refractivity contribution in [3.8, 4) is 22.6 Å². The first kappa shape index (κ1) is 24.9. The molecule has 0 spiro atoms. The van der Waals surface area contributed by atoms with E-state index in [2.05, 4.69) is 39.8 Å². The fourth-order valence-electron chi connectivity index (χ4n) is 4.71. The number of carboxylic acid groups (broad SMARTS) is 1. The number of aromatic hydroxyl groups is 1. The lowest BCUT2D eigenvalue weighted by atomic mass is 9.62. The van der Waals surface area contributed by atoms with Gasteiger partial charge < -0.3 is 14.9 Å². The number of halogens is 1. The minimum absolute atomic E-state index is 0.00408. The Labute approximate surface area is 211 Å². The van der Waals surface area contributed by atoms with E-state index in [1.54, 1.807) is 18.2 Å². The topological polar surface area (TPSA) is 66.8 Å². The lowest BCUT2D eigenvalue weighted by molar-refractivity contribution is -0.131. The average molecular weight is 491 g/mol. The van der Waals surface area contributed by atoms with E-state index in [0.29, 0.717) is 28.5 Å². The first-order valence-corrected chi connectivity index (χ1v) is 12.1. The van der Waals surface area contributed by atoms with Gasteiger partial charge in [-0.2, -0.15) is 0 Å². The molecule has 4 rings (SSSR count). The number of benzene rings is 3. The Morgan fingerprint density at radius 3 is 2.20 bits per heavy atom. The minimum atomic E-state index is -1.02. The summed E-state index contributed by atoms with van der Waals surface area (Å²) in [4.78, 5) is 11.0. The smallest absolute Gasteiger partial charge is 0.328 e. The number of phenols is 1. The maximum atomic E-state index is 11.0. The molecule has 3 aromatic rings. The number of aliphatic carboxylic acids is 1. The molecule has 182 valence electrons. The number of fused-ring (bicyclic) bond motifs is 1. The summed E-state index contributed by atoms with van der Waals surface area (Å²) in [5.74, 6) is -0.231. The van der Waals surface area contributed by atoms with Crippen molar-refractivity contribution in [1.82, 2.24) is 0 Å². The summed E-state index contributed by atoms with van der Waals surface area (Å²) in [5, 5.41) is 20.5. The molecule has 0 saturated heterocycles. The minimum Gasteiger partial charge on any atom is -0.507 e. The molecule has 0 saturated carbocycles. The molecule has 0 amide bonds. The van der Waals surface area contributed by atoms with Gasteiger partial charge in [0.15, 0.2) is 0 Å². The van der Waals surface area contributed by atoms with Crippen LogP contribution in [0, 0.1) is 0 Å². The molecule has 4 nitrogen and oxygen atoms in total. The highest BCUT2D eigenvalue weighted by molar-refractivity contribution is 6.30. The molecule has 1 aliphatic rings. The van der Waals surface area contributed by atoms with Gasteiger partial charge in [-0.1, -0.05) is 57.5 Å². The van der Waals surface area contributed by atoms with E-state index >= 15 is 0 Å². The molecular weight excluding hydrogens is 460 g/mol. The van der Waals surface area contributed by atoms with Gasteiger partial charge in [0.25, 0.3) is 0 Å². The Bertz CT molecular complexity index is 1290. The highest BCUT2D eigenvalue weighted by Gasteiger charge is 2.38. The zero-order chi connectivity index (χ0) is 25.4. The number of carbonyl (C=O) groups is 1. The van der Waals surface area contributed by atoms with Crippen molar-refractivity contribution < 1.29 is 19.7 Å². The second-order valence-electron chi connectivity index (χ2n) is 10.5. The lowest BCUT2D eigenvalue weighted by Crippen LogP contribution is -2.33. The van der Waals surface area contributed by atoms with Gasteiger partial charge in [-0.25, -0.2) is 4.79 Å². The lowest BCUT2D eigenvalue weighted by Gasteiger charge is -2.42. The molecule has 0 fully saturated rings. The third-order valence-corrected chi connectivity index (χ3v) is 7.24. The summed E-state index contributed by atoms with van der Waals surface area (Å²) >= 11 is 6.04. The van der Waals surface area contributed by atoms with E-state index in [-0.39, 0.29) is 16.6 Å². The zero-order valence-corrected chi connectivity index (χ0v) is 21.3. The van der Waals surface area contributed by atoms with Gasteiger partial charge >= 0.3 is 5.97 Å². The van der Waals surface area contributed by atoms with E-state index in [4.69, 9.17) is 21.4 Å². The molecule has 1 aliphatic carbocycles. The Morgan fingerprint density at radius 2 is 1.57 bits per heavy atom. The molecule has 0 unspecified atom stereocenters. The van der Waals surface area contributed by atoms with E-state index in [1.807, 2.05) is 24.3 Å². The van der Waals surface area contributed by atoms with Crippen LogP contribution in [0.2, 0.25) is 5.02 Å². The van der Waals surface area contributed by atoms with Crippen molar-refractivity contribution in [2.75, 3.05) is 0 Å². The van der Waals surface area contributed by atoms with Crippen LogP contribution in [0.15, 0.2) is 60.7 Å². The number of rotatable bonds is 6. The highest BCUT2D eigenvalue weighted by atomic mass is 35.5. The highest BCUT2D eigenvalue weighted by Crippen LogP contribution is 2.50. The number of carboxylic acids is 1. The Hall–Kier alpha value is -3.24. The van der Waals surface area contributed by atoms with Crippen LogP contribution in [0.4, 0.5) is 0 Å². The van der Waals surface area contributed by atoms with Crippen molar-refractivity contribution in [3.05, 3.63) is 87.9 Å². The number of hydrogen-bond acceptors (Lipinski definition) is 3. The number of ether oxygens (including phenoxy) is 1. The maximum absolute atomic E-state index is 11.0. The normalized spacial score (nSPS) is 16.1. The standard InChI is InChI=1S/C30H31ClO4/c1-29(2)13-14-30(3,4)25-17-27(35-18-20-5-9-21(31)10-6-20)23(16-24(25)29)22-15-19(7-11-26(22)32)8-12-28(33)34/h5-12,15-17,32H,13-14,18H2,1-4H3,(H,33,34). The number of hydrogen-bond donors (Lipinski definition) is 2. The van der Waals surface area contributed by atoms with Gasteiger partial charge in [0.1, 0.15) is 18.1 Å². The molecule has 5 heteroatoms. The van der Waals surface area contributed by atoms with E-state index < -0.39 is 5.97 Å². The Balaban J connectivity index is 1.87. The van der Waals surface area contributed by atoms with Gasteiger partial charge in [0.2, 0.25) is 0 Å². The largest absolute Gasteiger partial charge is 0.507 e. The van der Waals surface area contributed by atoms with Crippen LogP contribution in [0.25, 0.3) is 17.2 Å². The van der Waals surface area contributed by atoms with Crippen LogP contribution in [0.1, 0.15) is 62.8 Å². The van der Waals surface area contributed by atoms with Gasteiger partial charge in [-0.05, 0) is 88.4 Å². The fraction of sp³-hybridized carbons (Fsp3) is 0.300. The van der Waals surface area contributed by atoms with Crippen LogP contribution in [0.5, 0.6) is 11.5 Å². The zero-order valence-electron chi connectivity index (χ0n) is 20.6. The van der Waals surface area contributed by atoms with E-state index in [9.17, 15) is 9.90 Å². The van der Waals surface area contributed by atoms with Gasteiger partial charge in [-0.15, -0.1) is 0 Å². The summed E-state index contributed by atoms with van der Waals surface area (Å²) in [6, 6.07) is 16.9. The molecular formula is C30H31ClO4. The summed E-state index contributed by atoms with van der Waals surface area (Å²) in [6.07, 6.45) is 4.74. The average Bonchev–Trinajstić information content (AvgIpc) is 2.81. The van der Waals surface area contributed by atoms with Crippen molar-refractivity contribution in [2.45, 2.75) is 58.0 Å². The SMILES string of the molecule is CC1(C)CCC(C)(C)c2cc(-c3cc(C=CC(=O)O)ccc3O)c(OCc3ccc(Cl)cc3)cc21. The molecule has 0 bridgehead atoms.